The highest BCUT2D eigenvalue weighted by Gasteiger charge is 2.13. The maximum absolute atomic E-state index is 5.80. The highest BCUT2D eigenvalue weighted by Crippen LogP contribution is 2.30. The number of hydrogen-bond donors (Lipinski definition) is 1. The average Bonchev–Trinajstić information content (AvgIpc) is 2.72. The van der Waals surface area contributed by atoms with Crippen LogP contribution in [-0.4, -0.2) is 9.78 Å². The van der Waals surface area contributed by atoms with Crippen LogP contribution in [0.1, 0.15) is 25.2 Å². The molecule has 0 unspecified atom stereocenters. The van der Waals surface area contributed by atoms with Gasteiger partial charge in [-0.05, 0) is 47.5 Å². The van der Waals surface area contributed by atoms with E-state index >= 15 is 0 Å². The number of rotatable bonds is 5. The Morgan fingerprint density at radius 1 is 1.37 bits per heavy atom. The zero-order valence-corrected chi connectivity index (χ0v) is 13.6. The highest BCUT2D eigenvalue weighted by molar-refractivity contribution is 9.10. The standard InChI is InChI=1S/C14H18BrN3S/c1-3-12-14(15)13(18(4-2)17-12)9-19-11-7-5-6-10(16)8-11/h5-8H,3-4,9,16H2,1-2H3. The van der Waals surface area contributed by atoms with E-state index in [9.17, 15) is 0 Å². The van der Waals surface area contributed by atoms with Crippen molar-refractivity contribution in [1.29, 1.82) is 0 Å². The molecule has 5 heteroatoms. The van der Waals surface area contributed by atoms with Gasteiger partial charge in [0.25, 0.3) is 0 Å². The molecule has 0 saturated heterocycles. The number of nitrogens with two attached hydrogens (primary N) is 1. The molecule has 0 aliphatic rings. The lowest BCUT2D eigenvalue weighted by molar-refractivity contribution is 0.627. The second kappa shape index (κ2) is 6.48. The molecular weight excluding hydrogens is 322 g/mol. The molecule has 2 rings (SSSR count). The first-order valence-electron chi connectivity index (χ1n) is 6.38. The van der Waals surface area contributed by atoms with E-state index in [4.69, 9.17) is 5.73 Å². The van der Waals surface area contributed by atoms with Gasteiger partial charge >= 0.3 is 0 Å². The minimum atomic E-state index is 0.808. The molecule has 0 spiro atoms. The van der Waals surface area contributed by atoms with Gasteiger partial charge in [0.15, 0.2) is 0 Å². The van der Waals surface area contributed by atoms with Crippen molar-refractivity contribution < 1.29 is 0 Å². The minimum absolute atomic E-state index is 0.808. The summed E-state index contributed by atoms with van der Waals surface area (Å²) < 4.78 is 3.22. The maximum Gasteiger partial charge on any atom is 0.0767 e. The maximum atomic E-state index is 5.80. The number of benzene rings is 1. The monoisotopic (exact) mass is 339 g/mol. The van der Waals surface area contributed by atoms with Gasteiger partial charge in [0, 0.05) is 22.9 Å². The van der Waals surface area contributed by atoms with Gasteiger partial charge in [-0.1, -0.05) is 13.0 Å². The number of aromatic nitrogens is 2. The van der Waals surface area contributed by atoms with Crippen molar-refractivity contribution in [2.75, 3.05) is 5.73 Å². The Morgan fingerprint density at radius 2 is 2.16 bits per heavy atom. The third kappa shape index (κ3) is 3.34. The van der Waals surface area contributed by atoms with Crippen molar-refractivity contribution in [3.8, 4) is 0 Å². The van der Waals surface area contributed by atoms with Crippen LogP contribution in [0.5, 0.6) is 0 Å². The van der Waals surface area contributed by atoms with Crippen molar-refractivity contribution >= 4 is 33.4 Å². The molecule has 19 heavy (non-hydrogen) atoms. The number of anilines is 1. The Kier molecular flexibility index (Phi) is 4.93. The van der Waals surface area contributed by atoms with Crippen LogP contribution in [0.2, 0.25) is 0 Å². The predicted octanol–water partition coefficient (Wildman–Crippen LogP) is 4.10. The minimum Gasteiger partial charge on any atom is -0.399 e. The van der Waals surface area contributed by atoms with E-state index in [-0.39, 0.29) is 0 Å². The fourth-order valence-electron chi connectivity index (χ4n) is 1.91. The molecule has 1 aromatic heterocycles. The smallest absolute Gasteiger partial charge is 0.0767 e. The molecule has 0 aliphatic heterocycles. The summed E-state index contributed by atoms with van der Waals surface area (Å²) in [5.41, 5.74) is 8.98. The number of nitrogens with zero attached hydrogens (tertiary/aromatic N) is 2. The predicted molar refractivity (Wildman–Crippen MR) is 85.4 cm³/mol. The molecule has 102 valence electrons. The zero-order chi connectivity index (χ0) is 13.8. The zero-order valence-electron chi connectivity index (χ0n) is 11.2. The lowest BCUT2D eigenvalue weighted by Gasteiger charge is -2.06. The number of hydrogen-bond acceptors (Lipinski definition) is 3. The molecule has 0 fully saturated rings. The Balaban J connectivity index is 2.17. The van der Waals surface area contributed by atoms with E-state index in [0.717, 1.165) is 34.6 Å². The molecule has 0 bridgehead atoms. The topological polar surface area (TPSA) is 43.8 Å². The van der Waals surface area contributed by atoms with Crippen molar-refractivity contribution in [2.45, 2.75) is 37.5 Å². The lowest BCUT2D eigenvalue weighted by Crippen LogP contribution is -2.01. The summed E-state index contributed by atoms with van der Waals surface area (Å²) >= 11 is 5.45. The van der Waals surface area contributed by atoms with E-state index in [2.05, 4.69) is 45.6 Å². The summed E-state index contributed by atoms with van der Waals surface area (Å²) in [7, 11) is 0. The summed E-state index contributed by atoms with van der Waals surface area (Å²) in [5, 5.41) is 4.61. The van der Waals surface area contributed by atoms with Crippen LogP contribution >= 0.6 is 27.7 Å². The highest BCUT2D eigenvalue weighted by atomic mass is 79.9. The Labute approximate surface area is 126 Å². The second-order valence-corrected chi connectivity index (χ2v) is 6.08. The first-order valence-corrected chi connectivity index (χ1v) is 8.16. The van der Waals surface area contributed by atoms with Gasteiger partial charge < -0.3 is 5.73 Å². The van der Waals surface area contributed by atoms with Gasteiger partial charge in [-0.3, -0.25) is 4.68 Å². The molecule has 1 aromatic carbocycles. The first kappa shape index (κ1) is 14.5. The van der Waals surface area contributed by atoms with E-state index in [0.29, 0.717) is 0 Å². The quantitative estimate of drug-likeness (QED) is 0.658. The van der Waals surface area contributed by atoms with Gasteiger partial charge in [0.05, 0.1) is 15.9 Å². The Bertz CT molecular complexity index is 566. The SMILES string of the molecule is CCc1nn(CC)c(CSc2cccc(N)c2)c1Br. The molecular formula is C14H18BrN3S. The van der Waals surface area contributed by atoms with E-state index < -0.39 is 0 Å². The van der Waals surface area contributed by atoms with Crippen LogP contribution < -0.4 is 5.73 Å². The van der Waals surface area contributed by atoms with Gasteiger partial charge in [0.1, 0.15) is 0 Å². The molecule has 3 nitrogen and oxygen atoms in total. The summed E-state index contributed by atoms with van der Waals surface area (Å²) in [6, 6.07) is 7.99. The molecule has 0 atom stereocenters. The summed E-state index contributed by atoms with van der Waals surface area (Å²) in [4.78, 5) is 1.19. The molecule has 0 radical (unpaired) electrons. The number of aryl methyl sites for hydroxylation is 2. The van der Waals surface area contributed by atoms with Crippen LogP contribution in [0.3, 0.4) is 0 Å². The molecule has 0 aliphatic carbocycles. The van der Waals surface area contributed by atoms with E-state index in [1.807, 2.05) is 18.2 Å². The van der Waals surface area contributed by atoms with Crippen molar-refractivity contribution in [3.05, 3.63) is 40.1 Å². The van der Waals surface area contributed by atoms with Crippen molar-refractivity contribution in [3.63, 3.8) is 0 Å². The van der Waals surface area contributed by atoms with E-state index in [1.165, 1.54) is 10.6 Å². The fraction of sp³-hybridized carbons (Fsp3) is 0.357. The van der Waals surface area contributed by atoms with Gasteiger partial charge in [-0.25, -0.2) is 0 Å². The first-order chi connectivity index (χ1) is 9.15. The van der Waals surface area contributed by atoms with E-state index in [1.54, 1.807) is 11.8 Å². The second-order valence-electron chi connectivity index (χ2n) is 4.24. The Hall–Kier alpha value is -0.940. The van der Waals surface area contributed by atoms with Crippen LogP contribution in [0, 0.1) is 0 Å². The van der Waals surface area contributed by atoms with Crippen LogP contribution in [-0.2, 0) is 18.7 Å². The number of thioether (sulfide) groups is 1. The summed E-state index contributed by atoms with van der Waals surface area (Å²) in [6.07, 6.45) is 0.948. The molecule has 0 amide bonds. The van der Waals surface area contributed by atoms with Crippen LogP contribution in [0.25, 0.3) is 0 Å². The van der Waals surface area contributed by atoms with Crippen LogP contribution in [0.4, 0.5) is 5.69 Å². The van der Waals surface area contributed by atoms with Gasteiger partial charge in [-0.2, -0.15) is 5.10 Å². The van der Waals surface area contributed by atoms with Crippen LogP contribution in [0.15, 0.2) is 33.6 Å². The normalized spacial score (nSPS) is 10.9. The number of nitrogen functional groups attached to an aromatic ring is 1. The largest absolute Gasteiger partial charge is 0.399 e. The fourth-order valence-corrected chi connectivity index (χ4v) is 3.79. The summed E-state index contributed by atoms with van der Waals surface area (Å²) in [6.45, 7) is 5.14. The molecule has 2 aromatic rings. The molecule has 2 N–H and O–H groups in total. The van der Waals surface area contributed by atoms with Gasteiger partial charge in [0.2, 0.25) is 0 Å². The molecule has 0 saturated carbocycles. The summed E-state index contributed by atoms with van der Waals surface area (Å²) in [5.74, 6) is 0.894. The van der Waals surface area contributed by atoms with Crippen molar-refractivity contribution in [2.24, 2.45) is 0 Å². The third-order valence-electron chi connectivity index (χ3n) is 2.93. The third-order valence-corrected chi connectivity index (χ3v) is 4.85. The average molecular weight is 340 g/mol. The van der Waals surface area contributed by atoms with Gasteiger partial charge in [-0.15, -0.1) is 11.8 Å². The van der Waals surface area contributed by atoms with Crippen molar-refractivity contribution in [1.82, 2.24) is 9.78 Å². The lowest BCUT2D eigenvalue weighted by atomic mass is 10.3. The number of halogens is 1. The molecule has 1 heterocycles. The Morgan fingerprint density at radius 3 is 2.79 bits per heavy atom.